The first kappa shape index (κ1) is 9.68. The van der Waals surface area contributed by atoms with Crippen molar-refractivity contribution in [1.29, 1.82) is 0 Å². The maximum atomic E-state index is 5.86. The van der Waals surface area contributed by atoms with Gasteiger partial charge in [-0.2, -0.15) is 0 Å². The lowest BCUT2D eigenvalue weighted by molar-refractivity contribution is 0.750. The van der Waals surface area contributed by atoms with Gasteiger partial charge in [0.1, 0.15) is 5.15 Å². The van der Waals surface area contributed by atoms with E-state index in [9.17, 15) is 0 Å². The van der Waals surface area contributed by atoms with Crippen LogP contribution in [0.15, 0.2) is 6.07 Å². The predicted octanol–water partition coefficient (Wildman–Crippen LogP) is 0.976. The number of hydrogen-bond acceptors (Lipinski definition) is 4. The minimum absolute atomic E-state index is 0.234. The van der Waals surface area contributed by atoms with Crippen molar-refractivity contribution in [3.8, 4) is 0 Å². The van der Waals surface area contributed by atoms with E-state index in [4.69, 9.17) is 17.3 Å². The van der Waals surface area contributed by atoms with Gasteiger partial charge in [-0.1, -0.05) is 11.6 Å². The van der Waals surface area contributed by atoms with E-state index in [1.165, 1.54) is 0 Å². The summed E-state index contributed by atoms with van der Waals surface area (Å²) in [5, 5.41) is 0.493. The van der Waals surface area contributed by atoms with Crippen molar-refractivity contribution in [3.05, 3.63) is 16.9 Å². The van der Waals surface area contributed by atoms with Crippen LogP contribution in [0.1, 0.15) is 12.1 Å². The molecule has 1 saturated heterocycles. The quantitative estimate of drug-likeness (QED) is 0.705. The fraction of sp³-hybridized carbons (Fsp3) is 0.556. The van der Waals surface area contributed by atoms with E-state index < -0.39 is 0 Å². The Hall–Kier alpha value is -0.870. The minimum Gasteiger partial charge on any atom is -0.339 e. The molecule has 1 fully saturated rings. The molecule has 0 aliphatic carbocycles. The van der Waals surface area contributed by atoms with Crippen LogP contribution in [0.3, 0.4) is 0 Å². The molecule has 2 rings (SSSR count). The van der Waals surface area contributed by atoms with Gasteiger partial charge in [0.05, 0.1) is 0 Å². The van der Waals surface area contributed by atoms with Gasteiger partial charge in [-0.25, -0.2) is 9.97 Å². The van der Waals surface area contributed by atoms with Gasteiger partial charge in [0.2, 0.25) is 5.95 Å². The second-order valence-electron chi connectivity index (χ2n) is 3.63. The van der Waals surface area contributed by atoms with Crippen LogP contribution in [-0.4, -0.2) is 29.1 Å². The van der Waals surface area contributed by atoms with Crippen molar-refractivity contribution in [2.75, 3.05) is 18.0 Å². The molecule has 1 aromatic heterocycles. The smallest absolute Gasteiger partial charge is 0.227 e. The Morgan fingerprint density at radius 3 is 2.93 bits per heavy atom. The molecular formula is C9H13ClN4. The molecule has 14 heavy (non-hydrogen) atoms. The topological polar surface area (TPSA) is 55.0 Å². The molecule has 2 heterocycles. The summed E-state index contributed by atoms with van der Waals surface area (Å²) in [7, 11) is 0. The van der Waals surface area contributed by atoms with Crippen molar-refractivity contribution in [2.45, 2.75) is 19.4 Å². The number of anilines is 1. The van der Waals surface area contributed by atoms with Crippen LogP contribution in [0.2, 0.25) is 5.15 Å². The number of aryl methyl sites for hydroxylation is 1. The standard InChI is InChI=1S/C9H13ClN4/c1-6-4-8(10)13-9(12-6)14-3-2-7(11)5-14/h4,7H,2-3,5,11H2,1H3/t7-/m0/s1. The van der Waals surface area contributed by atoms with Gasteiger partial charge in [0, 0.05) is 24.8 Å². The minimum atomic E-state index is 0.234. The first-order valence-electron chi connectivity index (χ1n) is 4.67. The monoisotopic (exact) mass is 212 g/mol. The molecule has 0 unspecified atom stereocenters. The Bertz CT molecular complexity index is 321. The van der Waals surface area contributed by atoms with Crippen LogP contribution >= 0.6 is 11.6 Å². The zero-order valence-electron chi connectivity index (χ0n) is 8.07. The Morgan fingerprint density at radius 1 is 1.57 bits per heavy atom. The summed E-state index contributed by atoms with van der Waals surface area (Å²) >= 11 is 5.86. The van der Waals surface area contributed by atoms with E-state index in [0.29, 0.717) is 11.1 Å². The molecule has 0 saturated carbocycles. The summed E-state index contributed by atoms with van der Waals surface area (Å²) in [6.07, 6.45) is 0.995. The fourth-order valence-corrected chi connectivity index (χ4v) is 1.86. The van der Waals surface area contributed by atoms with Crippen LogP contribution in [0.4, 0.5) is 5.95 Å². The summed E-state index contributed by atoms with van der Waals surface area (Å²) in [5.41, 5.74) is 6.70. The van der Waals surface area contributed by atoms with E-state index in [-0.39, 0.29) is 6.04 Å². The summed E-state index contributed by atoms with van der Waals surface area (Å²) < 4.78 is 0. The van der Waals surface area contributed by atoms with Gasteiger partial charge in [-0.15, -0.1) is 0 Å². The van der Waals surface area contributed by atoms with Crippen molar-refractivity contribution in [1.82, 2.24) is 9.97 Å². The van der Waals surface area contributed by atoms with E-state index in [0.717, 1.165) is 25.2 Å². The summed E-state index contributed by atoms with van der Waals surface area (Å²) in [4.78, 5) is 10.6. The summed E-state index contributed by atoms with van der Waals surface area (Å²) in [5.74, 6) is 0.697. The lowest BCUT2D eigenvalue weighted by Crippen LogP contribution is -2.27. The van der Waals surface area contributed by atoms with Gasteiger partial charge >= 0.3 is 0 Å². The van der Waals surface area contributed by atoms with Gasteiger partial charge < -0.3 is 10.6 Å². The number of nitrogens with zero attached hydrogens (tertiary/aromatic N) is 3. The van der Waals surface area contributed by atoms with Crippen molar-refractivity contribution < 1.29 is 0 Å². The molecule has 1 aromatic rings. The number of halogens is 1. The van der Waals surface area contributed by atoms with Crippen LogP contribution in [-0.2, 0) is 0 Å². The molecule has 0 amide bonds. The Kier molecular flexibility index (Phi) is 2.56. The van der Waals surface area contributed by atoms with Crippen molar-refractivity contribution >= 4 is 17.5 Å². The van der Waals surface area contributed by atoms with Crippen molar-refractivity contribution in [2.24, 2.45) is 5.73 Å². The third-order valence-electron chi connectivity index (χ3n) is 2.32. The highest BCUT2D eigenvalue weighted by molar-refractivity contribution is 6.29. The molecular weight excluding hydrogens is 200 g/mol. The van der Waals surface area contributed by atoms with E-state index >= 15 is 0 Å². The highest BCUT2D eigenvalue weighted by Crippen LogP contribution is 2.17. The first-order valence-corrected chi connectivity index (χ1v) is 5.04. The second kappa shape index (κ2) is 3.71. The zero-order chi connectivity index (χ0) is 10.1. The van der Waals surface area contributed by atoms with Crippen LogP contribution in [0.5, 0.6) is 0 Å². The van der Waals surface area contributed by atoms with Crippen molar-refractivity contribution in [3.63, 3.8) is 0 Å². The second-order valence-corrected chi connectivity index (χ2v) is 4.01. The molecule has 4 nitrogen and oxygen atoms in total. The van der Waals surface area contributed by atoms with Crippen LogP contribution < -0.4 is 10.6 Å². The Morgan fingerprint density at radius 2 is 2.36 bits per heavy atom. The Balaban J connectivity index is 2.23. The molecule has 76 valence electrons. The number of aromatic nitrogens is 2. The molecule has 2 N–H and O–H groups in total. The lowest BCUT2D eigenvalue weighted by atomic mass is 10.3. The normalized spacial score (nSPS) is 21.6. The lowest BCUT2D eigenvalue weighted by Gasteiger charge is -2.15. The molecule has 5 heteroatoms. The van der Waals surface area contributed by atoms with Gasteiger partial charge in [0.25, 0.3) is 0 Å². The average Bonchev–Trinajstić information content (AvgIpc) is 2.50. The summed E-state index contributed by atoms with van der Waals surface area (Å²) in [6.45, 7) is 3.65. The molecule has 1 aliphatic rings. The van der Waals surface area contributed by atoms with E-state index in [1.807, 2.05) is 6.92 Å². The highest BCUT2D eigenvalue weighted by atomic mass is 35.5. The third-order valence-corrected chi connectivity index (χ3v) is 2.51. The number of hydrogen-bond donors (Lipinski definition) is 1. The number of rotatable bonds is 1. The largest absolute Gasteiger partial charge is 0.339 e. The number of nitrogens with two attached hydrogens (primary N) is 1. The Labute approximate surface area is 88.1 Å². The molecule has 0 aromatic carbocycles. The maximum Gasteiger partial charge on any atom is 0.227 e. The zero-order valence-corrected chi connectivity index (χ0v) is 8.83. The average molecular weight is 213 g/mol. The summed E-state index contributed by atoms with van der Waals surface area (Å²) in [6, 6.07) is 1.99. The predicted molar refractivity (Wildman–Crippen MR) is 56.6 cm³/mol. The van der Waals surface area contributed by atoms with Crippen LogP contribution in [0.25, 0.3) is 0 Å². The highest BCUT2D eigenvalue weighted by Gasteiger charge is 2.21. The van der Waals surface area contributed by atoms with E-state index in [1.54, 1.807) is 6.07 Å². The SMILES string of the molecule is Cc1cc(Cl)nc(N2CC[C@H](N)C2)n1. The van der Waals surface area contributed by atoms with Gasteiger partial charge in [-0.05, 0) is 19.4 Å². The van der Waals surface area contributed by atoms with Gasteiger partial charge in [-0.3, -0.25) is 0 Å². The third kappa shape index (κ3) is 1.96. The fourth-order valence-electron chi connectivity index (χ4n) is 1.63. The van der Waals surface area contributed by atoms with Crippen LogP contribution in [0, 0.1) is 6.92 Å². The maximum absolute atomic E-state index is 5.86. The molecule has 0 radical (unpaired) electrons. The molecule has 1 aliphatic heterocycles. The molecule has 1 atom stereocenters. The molecule has 0 spiro atoms. The first-order chi connectivity index (χ1) is 6.65. The van der Waals surface area contributed by atoms with E-state index in [2.05, 4.69) is 14.9 Å². The van der Waals surface area contributed by atoms with Gasteiger partial charge in [0.15, 0.2) is 0 Å². The molecule has 0 bridgehead atoms.